The molecule has 0 atom stereocenters. The molecule has 4 aromatic rings. The first kappa shape index (κ1) is 19.7. The third-order valence-corrected chi connectivity index (χ3v) is 4.75. The minimum Gasteiger partial charge on any atom is -0.455 e. The first-order valence-corrected chi connectivity index (χ1v) is 9.66. The SMILES string of the molecule is Cc1ccc(Oc2ccc(Cl)cc2NC(=O)Cn2c(=O)cnc3ccccc32)cc1. The molecule has 6 nitrogen and oxygen atoms in total. The molecular formula is C23H18ClN3O3. The van der Waals surface area contributed by atoms with Gasteiger partial charge in [0, 0.05) is 5.02 Å². The second-order valence-corrected chi connectivity index (χ2v) is 7.21. The van der Waals surface area contributed by atoms with E-state index >= 15 is 0 Å². The lowest BCUT2D eigenvalue weighted by Gasteiger charge is -2.14. The number of nitrogens with one attached hydrogen (secondary N) is 1. The average molecular weight is 420 g/mol. The van der Waals surface area contributed by atoms with Gasteiger partial charge in [-0.1, -0.05) is 41.4 Å². The third-order valence-electron chi connectivity index (χ3n) is 4.52. The van der Waals surface area contributed by atoms with E-state index in [9.17, 15) is 9.59 Å². The predicted octanol–water partition coefficient (Wildman–Crippen LogP) is 4.79. The summed E-state index contributed by atoms with van der Waals surface area (Å²) in [6.45, 7) is 1.82. The van der Waals surface area contributed by atoms with Gasteiger partial charge in [0.2, 0.25) is 5.91 Å². The van der Waals surface area contributed by atoms with Gasteiger partial charge in [-0.3, -0.25) is 14.2 Å². The number of carbonyl (C=O) groups excluding carboxylic acids is 1. The number of hydrogen-bond donors (Lipinski definition) is 1. The van der Waals surface area contributed by atoms with E-state index in [-0.39, 0.29) is 18.0 Å². The summed E-state index contributed by atoms with van der Waals surface area (Å²) in [6, 6.07) is 19.7. The molecule has 0 unspecified atom stereocenters. The van der Waals surface area contributed by atoms with Crippen LogP contribution in [0.25, 0.3) is 11.0 Å². The molecule has 1 amide bonds. The molecule has 0 aliphatic carbocycles. The Hall–Kier alpha value is -3.64. The molecule has 0 saturated carbocycles. The highest BCUT2D eigenvalue weighted by Gasteiger charge is 2.13. The topological polar surface area (TPSA) is 73.2 Å². The highest BCUT2D eigenvalue weighted by Crippen LogP contribution is 2.32. The van der Waals surface area contributed by atoms with Crippen molar-refractivity contribution in [3.63, 3.8) is 0 Å². The van der Waals surface area contributed by atoms with Crippen LogP contribution in [0.1, 0.15) is 5.56 Å². The number of halogens is 1. The van der Waals surface area contributed by atoms with Crippen molar-refractivity contribution in [2.45, 2.75) is 13.5 Å². The Labute approximate surface area is 177 Å². The van der Waals surface area contributed by atoms with Gasteiger partial charge >= 0.3 is 0 Å². The molecule has 0 radical (unpaired) electrons. The zero-order valence-corrected chi connectivity index (χ0v) is 16.9. The highest BCUT2D eigenvalue weighted by atomic mass is 35.5. The number of benzene rings is 3. The highest BCUT2D eigenvalue weighted by molar-refractivity contribution is 6.31. The minimum atomic E-state index is -0.385. The van der Waals surface area contributed by atoms with Crippen molar-refractivity contribution in [1.29, 1.82) is 0 Å². The predicted molar refractivity (Wildman–Crippen MR) is 117 cm³/mol. The van der Waals surface area contributed by atoms with Crippen LogP contribution in [0, 0.1) is 6.92 Å². The Bertz CT molecular complexity index is 1280. The molecule has 4 rings (SSSR count). The van der Waals surface area contributed by atoms with Crippen molar-refractivity contribution in [2.24, 2.45) is 0 Å². The van der Waals surface area contributed by atoms with Crippen molar-refractivity contribution in [1.82, 2.24) is 9.55 Å². The Morgan fingerprint density at radius 2 is 1.87 bits per heavy atom. The van der Waals surface area contributed by atoms with Gasteiger partial charge in [0.15, 0.2) is 5.75 Å². The average Bonchev–Trinajstić information content (AvgIpc) is 2.74. The third kappa shape index (κ3) is 4.34. The van der Waals surface area contributed by atoms with E-state index in [1.807, 2.05) is 37.3 Å². The molecule has 1 heterocycles. The van der Waals surface area contributed by atoms with Crippen LogP contribution >= 0.6 is 11.6 Å². The molecule has 0 fully saturated rings. The zero-order chi connectivity index (χ0) is 21.1. The number of nitrogens with zero attached hydrogens (tertiary/aromatic N) is 2. The minimum absolute atomic E-state index is 0.168. The Morgan fingerprint density at radius 1 is 1.10 bits per heavy atom. The van der Waals surface area contributed by atoms with E-state index < -0.39 is 0 Å². The fourth-order valence-electron chi connectivity index (χ4n) is 3.03. The summed E-state index contributed by atoms with van der Waals surface area (Å²) in [5.74, 6) is 0.697. The standard InChI is InChI=1S/C23H18ClN3O3/c1-15-6-9-17(10-7-15)30-21-11-8-16(24)12-19(21)26-22(28)14-27-20-5-3-2-4-18(20)25-13-23(27)29/h2-13H,14H2,1H3,(H,26,28). The molecule has 3 aromatic carbocycles. The zero-order valence-electron chi connectivity index (χ0n) is 16.1. The smallest absolute Gasteiger partial charge is 0.269 e. The number of hydrogen-bond acceptors (Lipinski definition) is 4. The van der Waals surface area contributed by atoms with Crippen molar-refractivity contribution in [2.75, 3.05) is 5.32 Å². The van der Waals surface area contributed by atoms with Crippen LogP contribution in [0.15, 0.2) is 77.7 Å². The Morgan fingerprint density at radius 3 is 2.67 bits per heavy atom. The molecule has 1 N–H and O–H groups in total. The van der Waals surface area contributed by atoms with Gasteiger partial charge in [-0.15, -0.1) is 0 Å². The lowest BCUT2D eigenvalue weighted by Crippen LogP contribution is -2.28. The van der Waals surface area contributed by atoms with Gasteiger partial charge in [0.1, 0.15) is 12.3 Å². The van der Waals surface area contributed by atoms with Crippen LogP contribution in [-0.2, 0) is 11.3 Å². The van der Waals surface area contributed by atoms with Crippen molar-refractivity contribution in [3.8, 4) is 11.5 Å². The van der Waals surface area contributed by atoms with E-state index in [0.717, 1.165) is 5.56 Å². The summed E-state index contributed by atoms with van der Waals surface area (Å²) in [5, 5.41) is 3.25. The van der Waals surface area contributed by atoms with Gasteiger partial charge < -0.3 is 10.1 Å². The van der Waals surface area contributed by atoms with Crippen molar-refractivity contribution in [3.05, 3.63) is 93.9 Å². The van der Waals surface area contributed by atoms with E-state index in [1.165, 1.54) is 10.8 Å². The van der Waals surface area contributed by atoms with Crippen LogP contribution < -0.4 is 15.6 Å². The van der Waals surface area contributed by atoms with Crippen LogP contribution in [0.2, 0.25) is 5.02 Å². The first-order chi connectivity index (χ1) is 14.5. The van der Waals surface area contributed by atoms with E-state index in [1.54, 1.807) is 36.4 Å². The van der Waals surface area contributed by atoms with E-state index in [2.05, 4.69) is 10.3 Å². The number of carbonyl (C=O) groups is 1. The maximum Gasteiger partial charge on any atom is 0.269 e. The fraction of sp³-hybridized carbons (Fsp3) is 0.0870. The van der Waals surface area contributed by atoms with Gasteiger partial charge in [0.25, 0.3) is 5.56 Å². The number of aryl methyl sites for hydroxylation is 1. The van der Waals surface area contributed by atoms with Crippen LogP contribution in [0.4, 0.5) is 5.69 Å². The van der Waals surface area contributed by atoms with Gasteiger partial charge in [0.05, 0.1) is 22.9 Å². The normalized spacial score (nSPS) is 10.7. The summed E-state index contributed by atoms with van der Waals surface area (Å²) in [6.07, 6.45) is 1.21. The number of anilines is 1. The molecule has 150 valence electrons. The van der Waals surface area contributed by atoms with Crippen LogP contribution in [0.3, 0.4) is 0 Å². The second-order valence-electron chi connectivity index (χ2n) is 6.78. The summed E-state index contributed by atoms with van der Waals surface area (Å²) < 4.78 is 7.29. The van der Waals surface area contributed by atoms with Crippen LogP contribution in [-0.4, -0.2) is 15.5 Å². The summed E-state index contributed by atoms with van der Waals surface area (Å²) in [7, 11) is 0. The Balaban J connectivity index is 1.59. The number of rotatable bonds is 5. The molecule has 30 heavy (non-hydrogen) atoms. The molecule has 7 heteroatoms. The van der Waals surface area contributed by atoms with Crippen LogP contribution in [0.5, 0.6) is 11.5 Å². The number of aromatic nitrogens is 2. The molecule has 0 spiro atoms. The lowest BCUT2D eigenvalue weighted by molar-refractivity contribution is -0.116. The monoisotopic (exact) mass is 419 g/mol. The summed E-state index contributed by atoms with van der Waals surface area (Å²) in [5.41, 5.74) is 2.39. The number of ether oxygens (including phenoxy) is 1. The molecular weight excluding hydrogens is 402 g/mol. The quantitative estimate of drug-likeness (QED) is 0.504. The molecule has 0 aliphatic rings. The first-order valence-electron chi connectivity index (χ1n) is 9.28. The Kier molecular flexibility index (Phi) is 5.50. The largest absolute Gasteiger partial charge is 0.455 e. The second kappa shape index (κ2) is 8.39. The van der Waals surface area contributed by atoms with Crippen molar-refractivity contribution >= 4 is 34.2 Å². The summed E-state index contributed by atoms with van der Waals surface area (Å²) in [4.78, 5) is 29.1. The van der Waals surface area contributed by atoms with Gasteiger partial charge in [-0.05, 0) is 49.4 Å². The maximum atomic E-state index is 12.7. The molecule has 0 bridgehead atoms. The summed E-state index contributed by atoms with van der Waals surface area (Å²) >= 11 is 6.12. The maximum absolute atomic E-state index is 12.7. The van der Waals surface area contributed by atoms with Gasteiger partial charge in [-0.25, -0.2) is 4.98 Å². The molecule has 0 aliphatic heterocycles. The number of para-hydroxylation sites is 2. The van der Waals surface area contributed by atoms with E-state index in [4.69, 9.17) is 16.3 Å². The fourth-order valence-corrected chi connectivity index (χ4v) is 3.21. The van der Waals surface area contributed by atoms with Gasteiger partial charge in [-0.2, -0.15) is 0 Å². The molecule has 1 aromatic heterocycles. The van der Waals surface area contributed by atoms with Crippen molar-refractivity contribution < 1.29 is 9.53 Å². The number of amides is 1. The van der Waals surface area contributed by atoms with E-state index in [0.29, 0.717) is 33.2 Å². The lowest BCUT2D eigenvalue weighted by atomic mass is 10.2. The molecule has 0 saturated heterocycles. The number of fused-ring (bicyclic) bond motifs is 1.